The summed E-state index contributed by atoms with van der Waals surface area (Å²) in [5.41, 5.74) is 2.32. The van der Waals surface area contributed by atoms with E-state index >= 15 is 0 Å². The van der Waals surface area contributed by atoms with Crippen molar-refractivity contribution >= 4 is 5.91 Å². The molecule has 0 N–H and O–H groups in total. The number of piperazine rings is 1. The van der Waals surface area contributed by atoms with Gasteiger partial charge in [-0.15, -0.1) is 0 Å². The second-order valence-electron chi connectivity index (χ2n) is 9.19. The van der Waals surface area contributed by atoms with E-state index in [4.69, 9.17) is 4.52 Å². The minimum Gasteiger partial charge on any atom is -0.339 e. The Bertz CT molecular complexity index is 1130. The number of aryl methyl sites for hydroxylation is 1. The minimum absolute atomic E-state index is 0.143. The molecule has 6 nitrogen and oxygen atoms in total. The highest BCUT2D eigenvalue weighted by Crippen LogP contribution is 2.43. The average Bonchev–Trinajstić information content (AvgIpc) is 3.50. The van der Waals surface area contributed by atoms with Crippen LogP contribution in [-0.2, 0) is 16.8 Å². The van der Waals surface area contributed by atoms with Crippen LogP contribution in [-0.4, -0.2) is 52.0 Å². The lowest BCUT2D eigenvalue weighted by molar-refractivity contribution is -0.139. The lowest BCUT2D eigenvalue weighted by atomic mass is 9.77. The highest BCUT2D eigenvalue weighted by molar-refractivity contribution is 5.88. The molecule has 1 saturated heterocycles. The van der Waals surface area contributed by atoms with Crippen molar-refractivity contribution in [1.29, 1.82) is 0 Å². The predicted octanol–water partition coefficient (Wildman–Crippen LogP) is 4.34. The lowest BCUT2D eigenvalue weighted by Crippen LogP contribution is -2.53. The molecule has 1 aliphatic carbocycles. The van der Waals surface area contributed by atoms with Crippen molar-refractivity contribution in [2.24, 2.45) is 0 Å². The zero-order valence-corrected chi connectivity index (χ0v) is 19.0. The second kappa shape index (κ2) is 9.06. The van der Waals surface area contributed by atoms with Crippen LogP contribution in [0.2, 0.25) is 0 Å². The molecule has 2 fully saturated rings. The van der Waals surface area contributed by atoms with E-state index in [1.54, 1.807) is 12.1 Å². The fraction of sp³-hybridized carbons (Fsp3) is 0.423. The molecule has 2 heterocycles. The summed E-state index contributed by atoms with van der Waals surface area (Å²) >= 11 is 0. The molecular formula is C26H29FN4O2. The molecule has 5 rings (SSSR count). The molecule has 1 aliphatic heterocycles. The van der Waals surface area contributed by atoms with Crippen LogP contribution in [0.15, 0.2) is 53.1 Å². The van der Waals surface area contributed by atoms with E-state index in [9.17, 15) is 9.18 Å². The highest BCUT2D eigenvalue weighted by atomic mass is 19.1. The quantitative estimate of drug-likeness (QED) is 0.581. The maximum Gasteiger partial charge on any atom is 0.241 e. The molecule has 1 amide bonds. The molecule has 1 saturated carbocycles. The van der Waals surface area contributed by atoms with Gasteiger partial charge in [0.15, 0.2) is 0 Å². The first kappa shape index (κ1) is 21.8. The number of aromatic nitrogens is 2. The zero-order chi connectivity index (χ0) is 22.8. The molecular weight excluding hydrogens is 419 g/mol. The van der Waals surface area contributed by atoms with Crippen molar-refractivity contribution < 1.29 is 13.7 Å². The number of hydrogen-bond donors (Lipinski definition) is 0. The van der Waals surface area contributed by atoms with Crippen LogP contribution in [0.1, 0.15) is 42.7 Å². The van der Waals surface area contributed by atoms with Crippen molar-refractivity contribution in [3.8, 4) is 11.4 Å². The van der Waals surface area contributed by atoms with Gasteiger partial charge in [-0.25, -0.2) is 4.39 Å². The van der Waals surface area contributed by atoms with Crippen molar-refractivity contribution in [1.82, 2.24) is 19.9 Å². The Morgan fingerprint density at radius 3 is 2.55 bits per heavy atom. The maximum atomic E-state index is 13.9. The summed E-state index contributed by atoms with van der Waals surface area (Å²) in [7, 11) is 0. The first-order valence-electron chi connectivity index (χ1n) is 11.7. The predicted molar refractivity (Wildman–Crippen MR) is 123 cm³/mol. The molecule has 3 aromatic rings. The fourth-order valence-electron chi connectivity index (χ4n) is 5.25. The molecule has 1 aromatic heterocycles. The first-order valence-corrected chi connectivity index (χ1v) is 11.7. The maximum absolute atomic E-state index is 13.9. The molecule has 7 heteroatoms. The van der Waals surface area contributed by atoms with Gasteiger partial charge in [-0.05, 0) is 43.0 Å². The van der Waals surface area contributed by atoms with Crippen LogP contribution in [0.3, 0.4) is 0 Å². The summed E-state index contributed by atoms with van der Waals surface area (Å²) in [6.07, 6.45) is 3.59. The molecule has 172 valence electrons. The number of rotatable bonds is 5. The van der Waals surface area contributed by atoms with Gasteiger partial charge in [-0.2, -0.15) is 4.98 Å². The number of benzene rings is 2. The summed E-state index contributed by atoms with van der Waals surface area (Å²) in [5.74, 6) is 1.06. The minimum atomic E-state index is -0.584. The van der Waals surface area contributed by atoms with Crippen LogP contribution in [0.5, 0.6) is 0 Å². The Balaban J connectivity index is 1.23. The van der Waals surface area contributed by atoms with Gasteiger partial charge >= 0.3 is 0 Å². The Morgan fingerprint density at radius 1 is 1.06 bits per heavy atom. The Labute approximate surface area is 193 Å². The van der Waals surface area contributed by atoms with E-state index in [-0.39, 0.29) is 11.7 Å². The van der Waals surface area contributed by atoms with Crippen molar-refractivity contribution in [3.63, 3.8) is 0 Å². The van der Waals surface area contributed by atoms with Crippen LogP contribution >= 0.6 is 0 Å². The van der Waals surface area contributed by atoms with E-state index < -0.39 is 5.41 Å². The first-order chi connectivity index (χ1) is 16.0. The highest BCUT2D eigenvalue weighted by Gasteiger charge is 2.45. The lowest BCUT2D eigenvalue weighted by Gasteiger charge is -2.39. The third-order valence-corrected chi connectivity index (χ3v) is 7.12. The SMILES string of the molecule is Cc1ccccc1-c1noc(CN2CCN(C(=O)C3(c4cccc(F)c4)CCCC3)CC2)n1. The van der Waals surface area contributed by atoms with E-state index in [2.05, 4.69) is 15.0 Å². The molecule has 0 unspecified atom stereocenters. The summed E-state index contributed by atoms with van der Waals surface area (Å²) in [5, 5.41) is 4.15. The van der Waals surface area contributed by atoms with Crippen molar-refractivity contribution in [2.45, 2.75) is 44.6 Å². The zero-order valence-electron chi connectivity index (χ0n) is 19.0. The van der Waals surface area contributed by atoms with Crippen LogP contribution in [0, 0.1) is 12.7 Å². The van der Waals surface area contributed by atoms with Gasteiger partial charge in [0.25, 0.3) is 0 Å². The molecule has 0 atom stereocenters. The number of carbonyl (C=O) groups excluding carboxylic acids is 1. The smallest absolute Gasteiger partial charge is 0.241 e. The van der Waals surface area contributed by atoms with Gasteiger partial charge in [0, 0.05) is 31.7 Å². The van der Waals surface area contributed by atoms with Gasteiger partial charge in [0.2, 0.25) is 17.6 Å². The third kappa shape index (κ3) is 4.29. The Kier molecular flexibility index (Phi) is 5.98. The summed E-state index contributed by atoms with van der Waals surface area (Å²) < 4.78 is 19.4. The molecule has 2 aliphatic rings. The van der Waals surface area contributed by atoms with E-state index in [0.717, 1.165) is 55.5 Å². The van der Waals surface area contributed by atoms with Crippen molar-refractivity contribution in [3.05, 3.63) is 71.4 Å². The van der Waals surface area contributed by atoms with Gasteiger partial charge in [-0.1, -0.05) is 54.4 Å². The number of nitrogens with zero attached hydrogens (tertiary/aromatic N) is 4. The molecule has 0 radical (unpaired) electrons. The summed E-state index contributed by atoms with van der Waals surface area (Å²) in [6, 6.07) is 14.6. The Hall–Kier alpha value is -3.06. The number of amides is 1. The molecule has 0 bridgehead atoms. The summed E-state index contributed by atoms with van der Waals surface area (Å²) in [6.45, 7) is 5.38. The monoisotopic (exact) mass is 448 g/mol. The van der Waals surface area contributed by atoms with Crippen molar-refractivity contribution in [2.75, 3.05) is 26.2 Å². The van der Waals surface area contributed by atoms with Gasteiger partial charge < -0.3 is 9.42 Å². The van der Waals surface area contributed by atoms with Crippen LogP contribution in [0.4, 0.5) is 4.39 Å². The van der Waals surface area contributed by atoms with Crippen LogP contribution < -0.4 is 0 Å². The third-order valence-electron chi connectivity index (χ3n) is 7.12. The molecule has 33 heavy (non-hydrogen) atoms. The average molecular weight is 449 g/mol. The number of halogens is 1. The largest absolute Gasteiger partial charge is 0.339 e. The van der Waals surface area contributed by atoms with Crippen LogP contribution in [0.25, 0.3) is 11.4 Å². The standard InChI is InChI=1S/C26H29FN4O2/c1-19-7-2-3-10-22(19)24-28-23(33-29-24)18-30-13-15-31(16-14-30)25(32)26(11-4-5-12-26)20-8-6-9-21(27)17-20/h2-3,6-10,17H,4-5,11-16,18H2,1H3. The second-order valence-corrected chi connectivity index (χ2v) is 9.19. The van der Waals surface area contributed by atoms with Gasteiger partial charge in [0.1, 0.15) is 5.82 Å². The van der Waals surface area contributed by atoms with Gasteiger partial charge in [0.05, 0.1) is 12.0 Å². The number of hydrogen-bond acceptors (Lipinski definition) is 5. The normalized spacial score (nSPS) is 18.5. The topological polar surface area (TPSA) is 62.5 Å². The fourth-order valence-corrected chi connectivity index (χ4v) is 5.25. The Morgan fingerprint density at radius 2 is 1.82 bits per heavy atom. The summed E-state index contributed by atoms with van der Waals surface area (Å²) in [4.78, 5) is 22.4. The molecule has 2 aromatic carbocycles. The van der Waals surface area contributed by atoms with E-state index in [1.807, 2.05) is 42.2 Å². The molecule has 0 spiro atoms. The van der Waals surface area contributed by atoms with E-state index in [1.165, 1.54) is 6.07 Å². The van der Waals surface area contributed by atoms with Gasteiger partial charge in [-0.3, -0.25) is 9.69 Å². The van der Waals surface area contributed by atoms with E-state index in [0.29, 0.717) is 31.3 Å². The number of carbonyl (C=O) groups is 1.